The Kier molecular flexibility index (Phi) is 3.22. The molecule has 3 rings (SSSR count). The first-order chi connectivity index (χ1) is 8.33. The van der Waals surface area contributed by atoms with Crippen LogP contribution in [0.5, 0.6) is 0 Å². The lowest BCUT2D eigenvalue weighted by atomic mass is 10.1. The second kappa shape index (κ2) is 4.84. The normalized spacial score (nSPS) is 16.8. The molecular formula is C12H14N2OS2. The van der Waals surface area contributed by atoms with E-state index in [0.29, 0.717) is 6.42 Å². The second-order valence-corrected chi connectivity index (χ2v) is 6.43. The van der Waals surface area contributed by atoms with Gasteiger partial charge in [-0.2, -0.15) is 11.8 Å². The van der Waals surface area contributed by atoms with E-state index in [2.05, 4.69) is 16.0 Å². The van der Waals surface area contributed by atoms with Crippen LogP contribution in [0.2, 0.25) is 0 Å². The lowest BCUT2D eigenvalue weighted by molar-refractivity contribution is 0.180. The first-order valence-electron chi connectivity index (χ1n) is 5.68. The molecule has 0 bridgehead atoms. The van der Waals surface area contributed by atoms with Gasteiger partial charge in [0, 0.05) is 34.3 Å². The molecule has 0 amide bonds. The molecule has 17 heavy (non-hydrogen) atoms. The molecule has 0 saturated carbocycles. The number of rotatable bonds is 3. The zero-order chi connectivity index (χ0) is 11.7. The summed E-state index contributed by atoms with van der Waals surface area (Å²) in [6, 6.07) is 2.17. The summed E-state index contributed by atoms with van der Waals surface area (Å²) in [5.41, 5.74) is 1.42. The lowest BCUT2D eigenvalue weighted by Crippen LogP contribution is -2.01. The Balaban J connectivity index is 1.77. The van der Waals surface area contributed by atoms with Gasteiger partial charge in [0.25, 0.3) is 0 Å². The molecule has 0 radical (unpaired) electrons. The number of aliphatic hydroxyl groups excluding tert-OH is 1. The van der Waals surface area contributed by atoms with Crippen LogP contribution in [-0.2, 0) is 18.6 Å². The van der Waals surface area contributed by atoms with Crippen molar-refractivity contribution in [2.24, 2.45) is 0 Å². The van der Waals surface area contributed by atoms with Crippen LogP contribution in [0.4, 0.5) is 0 Å². The Morgan fingerprint density at radius 1 is 1.53 bits per heavy atom. The maximum atomic E-state index is 10.2. The molecule has 0 aliphatic carbocycles. The molecule has 1 unspecified atom stereocenters. The Labute approximate surface area is 108 Å². The van der Waals surface area contributed by atoms with E-state index < -0.39 is 6.10 Å². The summed E-state index contributed by atoms with van der Waals surface area (Å²) in [5.74, 6) is 3.15. The summed E-state index contributed by atoms with van der Waals surface area (Å²) >= 11 is 3.73. The number of aromatic nitrogens is 2. The smallest absolute Gasteiger partial charge is 0.108 e. The number of nitrogens with one attached hydrogen (secondary N) is 1. The van der Waals surface area contributed by atoms with Gasteiger partial charge >= 0.3 is 0 Å². The van der Waals surface area contributed by atoms with Crippen LogP contribution in [-0.4, -0.2) is 20.8 Å². The number of hydrogen-bond donors (Lipinski definition) is 2. The van der Waals surface area contributed by atoms with Crippen molar-refractivity contribution >= 4 is 23.1 Å². The third kappa shape index (κ3) is 2.41. The molecule has 0 spiro atoms. The number of H-pyrrole nitrogens is 1. The maximum absolute atomic E-state index is 10.2. The Morgan fingerprint density at radius 2 is 2.47 bits per heavy atom. The number of aliphatic hydroxyl groups is 1. The molecule has 1 atom stereocenters. The highest BCUT2D eigenvalue weighted by Gasteiger charge is 2.18. The summed E-state index contributed by atoms with van der Waals surface area (Å²) in [5, 5.41) is 10.2. The first-order valence-corrected chi connectivity index (χ1v) is 7.65. The molecule has 0 saturated heterocycles. The number of fused-ring (bicyclic) bond motifs is 1. The molecule has 1 aliphatic rings. The van der Waals surface area contributed by atoms with Crippen LogP contribution in [0.15, 0.2) is 18.5 Å². The van der Waals surface area contributed by atoms with E-state index in [1.165, 1.54) is 16.2 Å². The van der Waals surface area contributed by atoms with Crippen LogP contribution < -0.4 is 0 Å². The molecule has 2 N–H and O–H groups in total. The van der Waals surface area contributed by atoms with E-state index in [9.17, 15) is 5.11 Å². The highest BCUT2D eigenvalue weighted by Crippen LogP contribution is 2.35. The van der Waals surface area contributed by atoms with E-state index in [0.717, 1.165) is 22.9 Å². The Morgan fingerprint density at radius 3 is 3.24 bits per heavy atom. The number of imidazole rings is 1. The first kappa shape index (κ1) is 11.3. The number of aryl methyl sites for hydroxylation is 1. The van der Waals surface area contributed by atoms with Crippen LogP contribution in [0, 0.1) is 0 Å². The molecule has 0 aromatic carbocycles. The number of nitrogens with zero attached hydrogens (tertiary/aromatic N) is 1. The molecule has 90 valence electrons. The SMILES string of the molecule is OC(Cc1ncc[nH]1)c1cc2c(s1)CCSC2. The van der Waals surface area contributed by atoms with E-state index in [1.54, 1.807) is 23.7 Å². The van der Waals surface area contributed by atoms with Crippen molar-refractivity contribution in [3.05, 3.63) is 39.6 Å². The molecule has 0 fully saturated rings. The van der Waals surface area contributed by atoms with Gasteiger partial charge in [0.1, 0.15) is 5.82 Å². The number of aromatic amines is 1. The van der Waals surface area contributed by atoms with Crippen molar-refractivity contribution in [2.45, 2.75) is 24.7 Å². The Bertz CT molecular complexity index is 469. The molecule has 3 nitrogen and oxygen atoms in total. The third-order valence-electron chi connectivity index (χ3n) is 2.92. The minimum Gasteiger partial charge on any atom is -0.387 e. The van der Waals surface area contributed by atoms with Gasteiger partial charge in [0.2, 0.25) is 0 Å². The minimum atomic E-state index is -0.429. The number of hydrogen-bond acceptors (Lipinski definition) is 4. The summed E-state index contributed by atoms with van der Waals surface area (Å²) in [6.45, 7) is 0. The van der Waals surface area contributed by atoms with E-state index >= 15 is 0 Å². The van der Waals surface area contributed by atoms with Gasteiger partial charge in [-0.15, -0.1) is 11.3 Å². The summed E-state index contributed by atoms with van der Waals surface area (Å²) in [4.78, 5) is 9.71. The van der Waals surface area contributed by atoms with Crippen LogP contribution in [0.25, 0.3) is 0 Å². The lowest BCUT2D eigenvalue weighted by Gasteiger charge is -2.08. The van der Waals surface area contributed by atoms with Gasteiger partial charge in [-0.25, -0.2) is 4.98 Å². The molecule has 2 aromatic rings. The molecular weight excluding hydrogens is 252 g/mol. The van der Waals surface area contributed by atoms with Crippen molar-refractivity contribution in [3.8, 4) is 0 Å². The van der Waals surface area contributed by atoms with Crippen molar-refractivity contribution < 1.29 is 5.11 Å². The second-order valence-electron chi connectivity index (χ2n) is 4.16. The fourth-order valence-electron chi connectivity index (χ4n) is 2.03. The third-order valence-corrected chi connectivity index (χ3v) is 5.26. The van der Waals surface area contributed by atoms with Crippen LogP contribution >= 0.6 is 23.1 Å². The van der Waals surface area contributed by atoms with Gasteiger partial charge in [-0.05, 0) is 23.8 Å². The van der Waals surface area contributed by atoms with Gasteiger partial charge < -0.3 is 10.1 Å². The van der Waals surface area contributed by atoms with E-state index in [4.69, 9.17) is 0 Å². The fraction of sp³-hybridized carbons (Fsp3) is 0.417. The van der Waals surface area contributed by atoms with Gasteiger partial charge in [-0.1, -0.05) is 0 Å². The minimum absolute atomic E-state index is 0.429. The topological polar surface area (TPSA) is 48.9 Å². The number of thioether (sulfide) groups is 1. The van der Waals surface area contributed by atoms with Crippen molar-refractivity contribution in [2.75, 3.05) is 5.75 Å². The van der Waals surface area contributed by atoms with Gasteiger partial charge in [0.05, 0.1) is 6.10 Å². The van der Waals surface area contributed by atoms with Crippen LogP contribution in [0.3, 0.4) is 0 Å². The van der Waals surface area contributed by atoms with Gasteiger partial charge in [0.15, 0.2) is 0 Å². The van der Waals surface area contributed by atoms with Crippen molar-refractivity contribution in [1.82, 2.24) is 9.97 Å². The summed E-state index contributed by atoms with van der Waals surface area (Å²) in [6.07, 6.45) is 4.80. The zero-order valence-electron chi connectivity index (χ0n) is 9.35. The maximum Gasteiger partial charge on any atom is 0.108 e. The molecule has 3 heterocycles. The highest BCUT2D eigenvalue weighted by atomic mass is 32.2. The quantitative estimate of drug-likeness (QED) is 0.897. The average Bonchev–Trinajstić information content (AvgIpc) is 2.96. The predicted molar refractivity (Wildman–Crippen MR) is 71.4 cm³/mol. The summed E-state index contributed by atoms with van der Waals surface area (Å²) < 4.78 is 0. The zero-order valence-corrected chi connectivity index (χ0v) is 11.0. The fourth-order valence-corrected chi connectivity index (χ4v) is 4.39. The van der Waals surface area contributed by atoms with E-state index in [-0.39, 0.29) is 0 Å². The van der Waals surface area contributed by atoms with Crippen molar-refractivity contribution in [1.29, 1.82) is 0 Å². The molecule has 5 heteroatoms. The molecule has 1 aliphatic heterocycles. The van der Waals surface area contributed by atoms with E-state index in [1.807, 2.05) is 11.8 Å². The number of thiophene rings is 1. The predicted octanol–water partition coefficient (Wildman–Crippen LogP) is 2.54. The summed E-state index contributed by atoms with van der Waals surface area (Å²) in [7, 11) is 0. The van der Waals surface area contributed by atoms with Crippen molar-refractivity contribution in [3.63, 3.8) is 0 Å². The van der Waals surface area contributed by atoms with Gasteiger partial charge in [-0.3, -0.25) is 0 Å². The van der Waals surface area contributed by atoms with Crippen LogP contribution in [0.1, 0.15) is 27.2 Å². The largest absolute Gasteiger partial charge is 0.387 e. The highest BCUT2D eigenvalue weighted by molar-refractivity contribution is 7.98. The molecule has 2 aromatic heterocycles. The Hall–Kier alpha value is -0.780. The standard InChI is InChI=1S/C12H14N2OS2/c15-9(6-12-13-2-3-14-12)11-5-8-7-16-4-1-10(8)17-11/h2-3,5,9,15H,1,4,6-7H2,(H,13,14). The average molecular weight is 266 g/mol. The monoisotopic (exact) mass is 266 g/mol.